The lowest BCUT2D eigenvalue weighted by atomic mass is 10.1. The van der Waals surface area contributed by atoms with E-state index in [-0.39, 0.29) is 5.04 Å². The van der Waals surface area contributed by atoms with Crippen LogP contribution in [-0.4, -0.2) is 94.2 Å². The van der Waals surface area contributed by atoms with Gasteiger partial charge in [-0.2, -0.15) is 0 Å². The largest absolute Gasteiger partial charge is 0.414 e. The van der Waals surface area contributed by atoms with Crippen LogP contribution in [0.2, 0.25) is 18.1 Å². The first-order valence-electron chi connectivity index (χ1n) is 13.4. The van der Waals surface area contributed by atoms with E-state index in [0.717, 1.165) is 13.0 Å². The van der Waals surface area contributed by atoms with Gasteiger partial charge in [0.25, 0.3) is 0 Å². The van der Waals surface area contributed by atoms with Crippen molar-refractivity contribution in [2.75, 3.05) is 85.9 Å². The zero-order valence-electron chi connectivity index (χ0n) is 23.3. The molecule has 0 atom stereocenters. The molecule has 8 heteroatoms. The summed E-state index contributed by atoms with van der Waals surface area (Å²) in [7, 11) is -1.67. The molecule has 0 aromatic carbocycles. The van der Waals surface area contributed by atoms with Gasteiger partial charge in [-0.05, 0) is 24.6 Å². The SMILES string of the molecule is CCCCCCCCOCCOCCOCCOCCOCCOCCO[Si](C)(C)C(C)(C)C. The molecular weight excluding hydrogens is 452 g/mol. The first kappa shape index (κ1) is 33.9. The van der Waals surface area contributed by atoms with Crippen molar-refractivity contribution in [3.05, 3.63) is 0 Å². The van der Waals surface area contributed by atoms with Crippen LogP contribution in [0, 0.1) is 0 Å². The molecule has 0 fully saturated rings. The third-order valence-electron chi connectivity index (χ3n) is 6.00. The summed E-state index contributed by atoms with van der Waals surface area (Å²) in [5.74, 6) is 0. The Kier molecular flexibility index (Phi) is 23.3. The Morgan fingerprint density at radius 1 is 0.441 bits per heavy atom. The molecule has 34 heavy (non-hydrogen) atoms. The van der Waals surface area contributed by atoms with E-state index in [9.17, 15) is 0 Å². The Morgan fingerprint density at radius 2 is 0.765 bits per heavy atom. The van der Waals surface area contributed by atoms with Crippen molar-refractivity contribution >= 4 is 8.32 Å². The quantitative estimate of drug-likeness (QED) is 0.113. The van der Waals surface area contributed by atoms with Gasteiger partial charge in [0.2, 0.25) is 0 Å². The summed E-state index contributed by atoms with van der Waals surface area (Å²) in [5, 5.41) is 0.233. The van der Waals surface area contributed by atoms with E-state index in [2.05, 4.69) is 40.8 Å². The minimum Gasteiger partial charge on any atom is -0.414 e. The lowest BCUT2D eigenvalue weighted by Gasteiger charge is -2.36. The minimum absolute atomic E-state index is 0.233. The van der Waals surface area contributed by atoms with Crippen molar-refractivity contribution in [1.82, 2.24) is 0 Å². The number of ether oxygens (including phenoxy) is 6. The van der Waals surface area contributed by atoms with Gasteiger partial charge in [-0.3, -0.25) is 0 Å². The molecular formula is C26H56O7Si. The van der Waals surface area contributed by atoms with Gasteiger partial charge in [-0.1, -0.05) is 59.8 Å². The third kappa shape index (κ3) is 22.4. The lowest BCUT2D eigenvalue weighted by Crippen LogP contribution is -2.41. The fourth-order valence-corrected chi connectivity index (χ4v) is 3.78. The Morgan fingerprint density at radius 3 is 1.15 bits per heavy atom. The zero-order chi connectivity index (χ0) is 25.4. The van der Waals surface area contributed by atoms with E-state index in [1.54, 1.807) is 0 Å². The summed E-state index contributed by atoms with van der Waals surface area (Å²) in [6.07, 6.45) is 7.74. The van der Waals surface area contributed by atoms with Crippen LogP contribution in [0.1, 0.15) is 66.2 Å². The van der Waals surface area contributed by atoms with E-state index < -0.39 is 8.32 Å². The van der Waals surface area contributed by atoms with Crippen LogP contribution in [0.5, 0.6) is 0 Å². The molecule has 0 aromatic rings. The van der Waals surface area contributed by atoms with Crippen molar-refractivity contribution in [3.63, 3.8) is 0 Å². The molecule has 0 aromatic heterocycles. The van der Waals surface area contributed by atoms with Gasteiger partial charge in [0.15, 0.2) is 8.32 Å². The highest BCUT2D eigenvalue weighted by atomic mass is 28.4. The summed E-state index contributed by atoms with van der Waals surface area (Å²) in [4.78, 5) is 0. The molecule has 7 nitrogen and oxygen atoms in total. The van der Waals surface area contributed by atoms with Crippen LogP contribution in [-0.2, 0) is 32.8 Å². The number of hydrogen-bond donors (Lipinski definition) is 0. The molecule has 0 bridgehead atoms. The summed E-state index contributed by atoms with van der Waals surface area (Å²) in [5.41, 5.74) is 0. The Balaban J connectivity index is 3.14. The summed E-state index contributed by atoms with van der Waals surface area (Å²) in [6, 6.07) is 0. The number of hydrogen-bond acceptors (Lipinski definition) is 7. The molecule has 206 valence electrons. The van der Waals surface area contributed by atoms with Gasteiger partial charge in [-0.25, -0.2) is 0 Å². The van der Waals surface area contributed by atoms with Crippen molar-refractivity contribution in [1.29, 1.82) is 0 Å². The average Bonchev–Trinajstić information content (AvgIpc) is 2.78. The molecule has 0 aliphatic carbocycles. The monoisotopic (exact) mass is 508 g/mol. The average molecular weight is 509 g/mol. The van der Waals surface area contributed by atoms with Crippen molar-refractivity contribution in [3.8, 4) is 0 Å². The second-order valence-corrected chi connectivity index (χ2v) is 14.9. The van der Waals surface area contributed by atoms with Gasteiger partial charge >= 0.3 is 0 Å². The third-order valence-corrected chi connectivity index (χ3v) is 10.5. The molecule has 0 N–H and O–H groups in total. The molecule has 0 saturated carbocycles. The Hall–Kier alpha value is -0.0631. The fourth-order valence-electron chi connectivity index (χ4n) is 2.76. The zero-order valence-corrected chi connectivity index (χ0v) is 24.3. The minimum atomic E-state index is -1.67. The molecule has 0 radical (unpaired) electrons. The molecule has 0 saturated heterocycles. The first-order chi connectivity index (χ1) is 16.3. The standard InChI is InChI=1S/C26H56O7Si/c1-7-8-9-10-11-12-13-27-14-15-28-16-17-29-18-19-30-20-21-31-22-23-32-24-25-33-34(5,6)26(2,3)4/h7-25H2,1-6H3. The van der Waals surface area contributed by atoms with Crippen LogP contribution in [0.25, 0.3) is 0 Å². The van der Waals surface area contributed by atoms with E-state index in [4.69, 9.17) is 32.8 Å². The number of rotatable bonds is 26. The van der Waals surface area contributed by atoms with Crippen LogP contribution in [0.3, 0.4) is 0 Å². The predicted octanol–water partition coefficient (Wildman–Crippen LogP) is 5.47. The molecule has 0 amide bonds. The van der Waals surface area contributed by atoms with Crippen LogP contribution < -0.4 is 0 Å². The van der Waals surface area contributed by atoms with Gasteiger partial charge < -0.3 is 32.8 Å². The van der Waals surface area contributed by atoms with Crippen LogP contribution >= 0.6 is 0 Å². The highest BCUT2D eigenvalue weighted by molar-refractivity contribution is 6.74. The molecule has 0 rings (SSSR count). The predicted molar refractivity (Wildman–Crippen MR) is 141 cm³/mol. The second-order valence-electron chi connectivity index (χ2n) is 10.1. The molecule has 0 unspecified atom stereocenters. The summed E-state index contributed by atoms with van der Waals surface area (Å²) < 4.78 is 39.2. The Labute approximate surface area is 211 Å². The van der Waals surface area contributed by atoms with Crippen LogP contribution in [0.15, 0.2) is 0 Å². The first-order valence-corrected chi connectivity index (χ1v) is 16.3. The normalized spacial score (nSPS) is 12.5. The second kappa shape index (κ2) is 23.3. The highest BCUT2D eigenvalue weighted by Gasteiger charge is 2.36. The van der Waals surface area contributed by atoms with Crippen molar-refractivity contribution in [2.45, 2.75) is 84.4 Å². The molecule has 0 aliphatic heterocycles. The highest BCUT2D eigenvalue weighted by Crippen LogP contribution is 2.36. The fraction of sp³-hybridized carbons (Fsp3) is 1.00. The van der Waals surface area contributed by atoms with Gasteiger partial charge in [-0.15, -0.1) is 0 Å². The topological polar surface area (TPSA) is 64.6 Å². The maximum Gasteiger partial charge on any atom is 0.192 e. The molecule has 0 aliphatic rings. The maximum absolute atomic E-state index is 6.07. The maximum atomic E-state index is 6.07. The molecule has 0 heterocycles. The van der Waals surface area contributed by atoms with Crippen LogP contribution in [0.4, 0.5) is 0 Å². The number of unbranched alkanes of at least 4 members (excludes halogenated alkanes) is 5. The van der Waals surface area contributed by atoms with E-state index in [1.165, 1.54) is 32.1 Å². The van der Waals surface area contributed by atoms with Gasteiger partial charge in [0.1, 0.15) is 0 Å². The summed E-state index contributed by atoms with van der Waals surface area (Å²) >= 11 is 0. The van der Waals surface area contributed by atoms with Crippen molar-refractivity contribution < 1.29 is 32.8 Å². The van der Waals surface area contributed by atoms with Gasteiger partial charge in [0, 0.05) is 6.61 Å². The van der Waals surface area contributed by atoms with E-state index in [0.29, 0.717) is 79.3 Å². The smallest absolute Gasteiger partial charge is 0.192 e. The summed E-state index contributed by atoms with van der Waals surface area (Å²) in [6.45, 7) is 21.4. The Bertz CT molecular complexity index is 416. The lowest BCUT2D eigenvalue weighted by molar-refractivity contribution is -0.0180. The van der Waals surface area contributed by atoms with E-state index in [1.807, 2.05) is 0 Å². The van der Waals surface area contributed by atoms with Gasteiger partial charge in [0.05, 0.1) is 79.3 Å². The van der Waals surface area contributed by atoms with Crippen molar-refractivity contribution in [2.24, 2.45) is 0 Å². The molecule has 0 spiro atoms. The van der Waals surface area contributed by atoms with E-state index >= 15 is 0 Å².